The Kier molecular flexibility index (Phi) is 5.36. The summed E-state index contributed by atoms with van der Waals surface area (Å²) in [4.78, 5) is 8.71. The molecular formula is C14H21N3O2. The number of hydrogen-bond donors (Lipinski definition) is 1. The molecule has 0 bridgehead atoms. The quantitative estimate of drug-likeness (QED) is 0.922. The summed E-state index contributed by atoms with van der Waals surface area (Å²) in [6.07, 6.45) is 0. The molecule has 0 aliphatic heterocycles. The summed E-state index contributed by atoms with van der Waals surface area (Å²) in [6, 6.07) is 3.73. The first-order chi connectivity index (χ1) is 9.19. The van der Waals surface area contributed by atoms with Crippen LogP contribution < -0.4 is 14.8 Å². The molecule has 19 heavy (non-hydrogen) atoms. The van der Waals surface area contributed by atoms with Crippen LogP contribution in [0, 0.1) is 6.92 Å². The van der Waals surface area contributed by atoms with Gasteiger partial charge in [0.05, 0.1) is 19.7 Å². The average molecular weight is 263 g/mol. The molecule has 1 heterocycles. The number of rotatable bonds is 3. The van der Waals surface area contributed by atoms with Crippen molar-refractivity contribution in [2.24, 2.45) is 0 Å². The summed E-state index contributed by atoms with van der Waals surface area (Å²) in [5.41, 5.74) is 0.833. The molecule has 0 radical (unpaired) electrons. The molecule has 2 aromatic rings. The predicted octanol–water partition coefficient (Wildman–Crippen LogP) is 3.02. The second-order valence-corrected chi connectivity index (χ2v) is 3.59. The monoisotopic (exact) mass is 263 g/mol. The van der Waals surface area contributed by atoms with Crippen molar-refractivity contribution in [2.75, 3.05) is 26.6 Å². The van der Waals surface area contributed by atoms with E-state index < -0.39 is 0 Å². The van der Waals surface area contributed by atoms with Gasteiger partial charge < -0.3 is 14.8 Å². The van der Waals surface area contributed by atoms with Crippen molar-refractivity contribution in [1.29, 1.82) is 0 Å². The number of anilines is 1. The zero-order valence-corrected chi connectivity index (χ0v) is 12.4. The SMILES string of the molecule is CC.CNc1nc(C)nc2cc(OC)c(OC)cc12. The third kappa shape index (κ3) is 3.05. The molecule has 0 spiro atoms. The zero-order chi connectivity index (χ0) is 14.4. The maximum atomic E-state index is 5.27. The van der Waals surface area contributed by atoms with E-state index in [4.69, 9.17) is 9.47 Å². The molecule has 0 amide bonds. The van der Waals surface area contributed by atoms with Crippen molar-refractivity contribution < 1.29 is 9.47 Å². The third-order valence-electron chi connectivity index (χ3n) is 2.55. The average Bonchev–Trinajstić information content (AvgIpc) is 2.46. The van der Waals surface area contributed by atoms with Crippen molar-refractivity contribution in [1.82, 2.24) is 9.97 Å². The van der Waals surface area contributed by atoms with Crippen LogP contribution in [-0.2, 0) is 0 Å². The third-order valence-corrected chi connectivity index (χ3v) is 2.55. The number of aromatic nitrogens is 2. The Bertz CT molecular complexity index is 556. The fourth-order valence-corrected chi connectivity index (χ4v) is 1.76. The van der Waals surface area contributed by atoms with Crippen LogP contribution in [-0.4, -0.2) is 31.2 Å². The van der Waals surface area contributed by atoms with Gasteiger partial charge in [-0.15, -0.1) is 0 Å². The lowest BCUT2D eigenvalue weighted by molar-refractivity contribution is 0.356. The van der Waals surface area contributed by atoms with Gasteiger partial charge in [0.1, 0.15) is 11.6 Å². The summed E-state index contributed by atoms with van der Waals surface area (Å²) >= 11 is 0. The van der Waals surface area contributed by atoms with Crippen molar-refractivity contribution in [2.45, 2.75) is 20.8 Å². The Balaban J connectivity index is 0.000000861. The first-order valence-electron chi connectivity index (χ1n) is 6.27. The number of nitrogens with zero attached hydrogens (tertiary/aromatic N) is 2. The van der Waals surface area contributed by atoms with Gasteiger partial charge in [-0.1, -0.05) is 13.8 Å². The number of methoxy groups -OCH3 is 2. The fourth-order valence-electron chi connectivity index (χ4n) is 1.76. The standard InChI is InChI=1S/C12H15N3O2.C2H6/c1-7-14-9-6-11(17-4)10(16-3)5-8(9)12(13-2)15-7;1-2/h5-6H,1-4H3,(H,13,14,15);1-2H3. The topological polar surface area (TPSA) is 56.3 Å². The predicted molar refractivity (Wildman–Crippen MR) is 78.3 cm³/mol. The van der Waals surface area contributed by atoms with Crippen LogP contribution >= 0.6 is 0 Å². The molecule has 2 rings (SSSR count). The van der Waals surface area contributed by atoms with Gasteiger partial charge in [0.25, 0.3) is 0 Å². The Morgan fingerprint density at radius 2 is 1.58 bits per heavy atom. The van der Waals surface area contributed by atoms with Gasteiger partial charge in [-0.25, -0.2) is 9.97 Å². The second kappa shape index (κ2) is 6.78. The van der Waals surface area contributed by atoms with Crippen molar-refractivity contribution in [3.8, 4) is 11.5 Å². The summed E-state index contributed by atoms with van der Waals surface area (Å²) in [6.45, 7) is 5.86. The van der Waals surface area contributed by atoms with Crippen LogP contribution in [0.25, 0.3) is 10.9 Å². The molecule has 0 aliphatic rings. The van der Waals surface area contributed by atoms with Crippen molar-refractivity contribution >= 4 is 16.7 Å². The summed E-state index contributed by atoms with van der Waals surface area (Å²) in [5, 5.41) is 3.96. The first-order valence-corrected chi connectivity index (χ1v) is 6.27. The molecular weight excluding hydrogens is 242 g/mol. The summed E-state index contributed by atoms with van der Waals surface area (Å²) in [7, 11) is 5.05. The van der Waals surface area contributed by atoms with Crippen LogP contribution in [0.4, 0.5) is 5.82 Å². The Morgan fingerprint density at radius 1 is 1.00 bits per heavy atom. The first kappa shape index (κ1) is 15.0. The minimum Gasteiger partial charge on any atom is -0.493 e. The van der Waals surface area contributed by atoms with Crippen LogP contribution in [0.15, 0.2) is 12.1 Å². The molecule has 1 aromatic carbocycles. The molecule has 0 saturated carbocycles. The molecule has 0 fully saturated rings. The van der Waals surface area contributed by atoms with E-state index >= 15 is 0 Å². The van der Waals surface area contributed by atoms with Gasteiger partial charge in [0.15, 0.2) is 11.5 Å². The van der Waals surface area contributed by atoms with Crippen LogP contribution in [0.2, 0.25) is 0 Å². The minimum absolute atomic E-state index is 0.667. The van der Waals surface area contributed by atoms with Gasteiger partial charge in [0.2, 0.25) is 0 Å². The molecule has 0 aliphatic carbocycles. The maximum absolute atomic E-state index is 5.27. The normalized spacial score (nSPS) is 9.58. The molecule has 1 aromatic heterocycles. The highest BCUT2D eigenvalue weighted by atomic mass is 16.5. The maximum Gasteiger partial charge on any atom is 0.162 e. The second-order valence-electron chi connectivity index (χ2n) is 3.59. The van der Waals surface area contributed by atoms with E-state index in [-0.39, 0.29) is 0 Å². The van der Waals surface area contributed by atoms with E-state index in [0.29, 0.717) is 17.3 Å². The molecule has 5 nitrogen and oxygen atoms in total. The molecule has 5 heteroatoms. The fraction of sp³-hybridized carbons (Fsp3) is 0.429. The molecule has 1 N–H and O–H groups in total. The lowest BCUT2D eigenvalue weighted by atomic mass is 10.2. The van der Waals surface area contributed by atoms with Gasteiger partial charge in [-0.3, -0.25) is 0 Å². The van der Waals surface area contributed by atoms with Crippen molar-refractivity contribution in [3.63, 3.8) is 0 Å². The van der Waals surface area contributed by atoms with Gasteiger partial charge in [-0.05, 0) is 13.0 Å². The largest absolute Gasteiger partial charge is 0.493 e. The van der Waals surface area contributed by atoms with Gasteiger partial charge in [0, 0.05) is 18.5 Å². The number of nitrogens with one attached hydrogen (secondary N) is 1. The van der Waals surface area contributed by atoms with E-state index in [1.807, 2.05) is 40.0 Å². The van der Waals surface area contributed by atoms with Crippen molar-refractivity contribution in [3.05, 3.63) is 18.0 Å². The molecule has 0 unspecified atom stereocenters. The highest BCUT2D eigenvalue weighted by Gasteiger charge is 2.10. The smallest absolute Gasteiger partial charge is 0.162 e. The zero-order valence-electron chi connectivity index (χ0n) is 12.4. The number of fused-ring (bicyclic) bond motifs is 1. The van der Waals surface area contributed by atoms with Crippen LogP contribution in [0.3, 0.4) is 0 Å². The van der Waals surface area contributed by atoms with E-state index in [0.717, 1.165) is 16.7 Å². The van der Waals surface area contributed by atoms with Crippen LogP contribution in [0.1, 0.15) is 19.7 Å². The van der Waals surface area contributed by atoms with Gasteiger partial charge in [-0.2, -0.15) is 0 Å². The minimum atomic E-state index is 0.667. The number of ether oxygens (including phenoxy) is 2. The van der Waals surface area contributed by atoms with E-state index in [2.05, 4.69) is 15.3 Å². The van der Waals surface area contributed by atoms with E-state index in [9.17, 15) is 0 Å². The number of aryl methyl sites for hydroxylation is 1. The van der Waals surface area contributed by atoms with Gasteiger partial charge >= 0.3 is 0 Å². The Morgan fingerprint density at radius 3 is 2.11 bits per heavy atom. The van der Waals surface area contributed by atoms with E-state index in [1.54, 1.807) is 14.2 Å². The highest BCUT2D eigenvalue weighted by Crippen LogP contribution is 2.33. The lowest BCUT2D eigenvalue weighted by Crippen LogP contribution is -1.99. The summed E-state index contributed by atoms with van der Waals surface area (Å²) in [5.74, 6) is 2.84. The Labute approximate surface area is 114 Å². The molecule has 104 valence electrons. The molecule has 0 atom stereocenters. The number of hydrogen-bond acceptors (Lipinski definition) is 5. The Hall–Kier alpha value is -2.04. The van der Waals surface area contributed by atoms with E-state index in [1.165, 1.54) is 0 Å². The molecule has 0 saturated heterocycles. The van der Waals surface area contributed by atoms with Crippen LogP contribution in [0.5, 0.6) is 11.5 Å². The number of benzene rings is 1. The lowest BCUT2D eigenvalue weighted by Gasteiger charge is -2.11. The summed E-state index contributed by atoms with van der Waals surface area (Å²) < 4.78 is 10.5. The highest BCUT2D eigenvalue weighted by molar-refractivity contribution is 5.91.